The standard InChI is InChI=1S/C17H20INO3/c18-8-1-6-17(12-20)7-2-9-19(17)10-5-14-3-4-15-16(11-14)22-13-21-15/h1,3-4,8,11-12H,2,5-7,9-10,13H2/b8-1-/t17-/m1/s1. The lowest BCUT2D eigenvalue weighted by atomic mass is 9.93. The Kier molecular flexibility index (Phi) is 5.03. The molecule has 0 radical (unpaired) electrons. The van der Waals surface area contributed by atoms with Gasteiger partial charge >= 0.3 is 0 Å². The van der Waals surface area contributed by atoms with E-state index in [0.717, 1.165) is 56.6 Å². The van der Waals surface area contributed by atoms with Crippen molar-refractivity contribution in [1.29, 1.82) is 0 Å². The molecular formula is C17H20INO3. The summed E-state index contributed by atoms with van der Waals surface area (Å²) in [7, 11) is 0. The topological polar surface area (TPSA) is 38.8 Å². The maximum Gasteiger partial charge on any atom is 0.231 e. The maximum atomic E-state index is 11.7. The average Bonchev–Trinajstić information content (AvgIpc) is 3.17. The molecule has 22 heavy (non-hydrogen) atoms. The zero-order valence-corrected chi connectivity index (χ0v) is 14.6. The van der Waals surface area contributed by atoms with Crippen molar-refractivity contribution in [3.05, 3.63) is 33.9 Å². The zero-order valence-electron chi connectivity index (χ0n) is 12.5. The molecule has 0 N–H and O–H groups in total. The SMILES string of the molecule is O=C[C@@]1(C/C=C\I)CCCN1CCc1ccc2c(c1)OCO2. The maximum absolute atomic E-state index is 11.7. The molecule has 3 rings (SSSR count). The molecule has 1 fully saturated rings. The van der Waals surface area contributed by atoms with E-state index in [1.165, 1.54) is 5.56 Å². The van der Waals surface area contributed by atoms with Gasteiger partial charge in [-0.25, -0.2) is 0 Å². The highest BCUT2D eigenvalue weighted by Gasteiger charge is 2.39. The number of aldehydes is 1. The normalized spacial score (nSPS) is 24.2. The minimum Gasteiger partial charge on any atom is -0.454 e. The molecule has 0 saturated carbocycles. The van der Waals surface area contributed by atoms with Gasteiger partial charge in [-0.05, 0) is 54.0 Å². The lowest BCUT2D eigenvalue weighted by Crippen LogP contribution is -2.45. The summed E-state index contributed by atoms with van der Waals surface area (Å²) in [6, 6.07) is 6.09. The molecule has 0 aliphatic carbocycles. The number of fused-ring (bicyclic) bond motifs is 1. The van der Waals surface area contributed by atoms with Gasteiger partial charge in [-0.2, -0.15) is 0 Å². The van der Waals surface area contributed by atoms with E-state index >= 15 is 0 Å². The fourth-order valence-corrected chi connectivity index (χ4v) is 3.57. The Labute approximate surface area is 144 Å². The van der Waals surface area contributed by atoms with Crippen molar-refractivity contribution < 1.29 is 14.3 Å². The Morgan fingerprint density at radius 2 is 2.18 bits per heavy atom. The van der Waals surface area contributed by atoms with E-state index in [2.05, 4.69) is 39.6 Å². The fourth-order valence-electron chi connectivity index (χ4n) is 3.31. The number of carbonyl (C=O) groups is 1. The number of carbonyl (C=O) groups excluding carboxylic acids is 1. The first-order valence-electron chi connectivity index (χ1n) is 7.62. The Bertz CT molecular complexity index is 575. The van der Waals surface area contributed by atoms with Crippen LogP contribution in [-0.2, 0) is 11.2 Å². The lowest BCUT2D eigenvalue weighted by molar-refractivity contribution is -0.117. The molecule has 2 heterocycles. The number of nitrogens with zero attached hydrogens (tertiary/aromatic N) is 1. The number of rotatable bonds is 6. The summed E-state index contributed by atoms with van der Waals surface area (Å²) in [5, 5.41) is 0. The van der Waals surface area contributed by atoms with Crippen molar-refractivity contribution in [3.63, 3.8) is 0 Å². The minimum absolute atomic E-state index is 0.307. The van der Waals surface area contributed by atoms with Gasteiger partial charge in [0.25, 0.3) is 0 Å². The number of hydrogen-bond acceptors (Lipinski definition) is 4. The van der Waals surface area contributed by atoms with E-state index < -0.39 is 0 Å². The van der Waals surface area contributed by atoms with Crippen LogP contribution in [0.1, 0.15) is 24.8 Å². The molecule has 4 nitrogen and oxygen atoms in total. The molecule has 0 bridgehead atoms. The summed E-state index contributed by atoms with van der Waals surface area (Å²) in [6.07, 6.45) is 7.01. The van der Waals surface area contributed by atoms with Crippen LogP contribution >= 0.6 is 22.6 Å². The van der Waals surface area contributed by atoms with Crippen LogP contribution in [0.3, 0.4) is 0 Å². The van der Waals surface area contributed by atoms with Crippen LogP contribution in [0.25, 0.3) is 0 Å². The van der Waals surface area contributed by atoms with Gasteiger partial charge in [0.1, 0.15) is 6.29 Å². The summed E-state index contributed by atoms with van der Waals surface area (Å²) in [4.78, 5) is 14.0. The van der Waals surface area contributed by atoms with Crippen LogP contribution in [-0.4, -0.2) is 36.6 Å². The average molecular weight is 413 g/mol. The molecule has 2 aliphatic rings. The third-order valence-electron chi connectivity index (χ3n) is 4.55. The van der Waals surface area contributed by atoms with Crippen LogP contribution in [0.5, 0.6) is 11.5 Å². The van der Waals surface area contributed by atoms with E-state index in [0.29, 0.717) is 6.79 Å². The highest BCUT2D eigenvalue weighted by atomic mass is 127. The first-order chi connectivity index (χ1) is 10.8. The third-order valence-corrected chi connectivity index (χ3v) is 5.06. The molecule has 0 amide bonds. The second kappa shape index (κ2) is 7.00. The Morgan fingerprint density at radius 3 is 3.00 bits per heavy atom. The van der Waals surface area contributed by atoms with Crippen LogP contribution in [0.2, 0.25) is 0 Å². The molecule has 118 valence electrons. The number of hydrogen-bond donors (Lipinski definition) is 0. The number of benzene rings is 1. The summed E-state index contributed by atoms with van der Waals surface area (Å²) in [5.74, 6) is 1.65. The first kappa shape index (κ1) is 15.8. The summed E-state index contributed by atoms with van der Waals surface area (Å²) < 4.78 is 12.8. The molecule has 1 saturated heterocycles. The molecular weight excluding hydrogens is 393 g/mol. The molecule has 0 aromatic heterocycles. The second-order valence-electron chi connectivity index (χ2n) is 5.82. The van der Waals surface area contributed by atoms with Crippen molar-refractivity contribution >= 4 is 28.9 Å². The van der Waals surface area contributed by atoms with Crippen LogP contribution < -0.4 is 9.47 Å². The molecule has 0 unspecified atom stereocenters. The van der Waals surface area contributed by atoms with E-state index in [1.807, 2.05) is 16.2 Å². The minimum atomic E-state index is -0.308. The summed E-state index contributed by atoms with van der Waals surface area (Å²) in [5.41, 5.74) is 0.915. The zero-order chi connectivity index (χ0) is 15.4. The quantitative estimate of drug-likeness (QED) is 0.530. The van der Waals surface area contributed by atoms with Crippen LogP contribution in [0.15, 0.2) is 28.4 Å². The van der Waals surface area contributed by atoms with Gasteiger partial charge < -0.3 is 14.3 Å². The van der Waals surface area contributed by atoms with E-state index in [1.54, 1.807) is 0 Å². The molecule has 1 aromatic carbocycles. The van der Waals surface area contributed by atoms with Crippen LogP contribution in [0, 0.1) is 0 Å². The fraction of sp³-hybridized carbons (Fsp3) is 0.471. The molecule has 5 heteroatoms. The summed E-state index contributed by atoms with van der Waals surface area (Å²) in [6.45, 7) is 2.20. The largest absolute Gasteiger partial charge is 0.454 e. The van der Waals surface area contributed by atoms with Gasteiger partial charge in [-0.1, -0.05) is 34.7 Å². The van der Waals surface area contributed by atoms with Crippen molar-refractivity contribution in [2.75, 3.05) is 19.9 Å². The van der Waals surface area contributed by atoms with Crippen molar-refractivity contribution in [2.24, 2.45) is 0 Å². The predicted octanol–water partition coefficient (Wildman–Crippen LogP) is 3.33. The predicted molar refractivity (Wildman–Crippen MR) is 93.6 cm³/mol. The number of halogens is 1. The molecule has 0 spiro atoms. The highest BCUT2D eigenvalue weighted by molar-refractivity contribution is 14.1. The number of likely N-dealkylation sites (tertiary alicyclic amines) is 1. The van der Waals surface area contributed by atoms with Gasteiger partial charge in [0, 0.05) is 6.54 Å². The number of ether oxygens (including phenoxy) is 2. The van der Waals surface area contributed by atoms with Gasteiger partial charge in [0.15, 0.2) is 11.5 Å². The summed E-state index contributed by atoms with van der Waals surface area (Å²) >= 11 is 2.21. The lowest BCUT2D eigenvalue weighted by Gasteiger charge is -2.33. The smallest absolute Gasteiger partial charge is 0.231 e. The Balaban J connectivity index is 1.66. The first-order valence-corrected chi connectivity index (χ1v) is 8.87. The van der Waals surface area contributed by atoms with E-state index in [4.69, 9.17) is 9.47 Å². The monoisotopic (exact) mass is 413 g/mol. The van der Waals surface area contributed by atoms with Gasteiger partial charge in [-0.15, -0.1) is 0 Å². The van der Waals surface area contributed by atoms with Gasteiger partial charge in [-0.3, -0.25) is 4.90 Å². The van der Waals surface area contributed by atoms with E-state index in [9.17, 15) is 4.79 Å². The van der Waals surface area contributed by atoms with Gasteiger partial charge in [0.05, 0.1) is 5.54 Å². The Hall–Kier alpha value is -1.08. The third kappa shape index (κ3) is 3.15. The van der Waals surface area contributed by atoms with Gasteiger partial charge in [0.2, 0.25) is 6.79 Å². The van der Waals surface area contributed by atoms with Crippen molar-refractivity contribution in [1.82, 2.24) is 4.90 Å². The van der Waals surface area contributed by atoms with E-state index in [-0.39, 0.29) is 5.54 Å². The molecule has 1 aromatic rings. The van der Waals surface area contributed by atoms with Crippen molar-refractivity contribution in [3.8, 4) is 11.5 Å². The van der Waals surface area contributed by atoms with Crippen LogP contribution in [0.4, 0.5) is 0 Å². The molecule has 2 aliphatic heterocycles. The van der Waals surface area contributed by atoms with Crippen molar-refractivity contribution in [2.45, 2.75) is 31.2 Å². The highest BCUT2D eigenvalue weighted by Crippen LogP contribution is 2.34. The Morgan fingerprint density at radius 1 is 1.32 bits per heavy atom. The second-order valence-corrected chi connectivity index (χ2v) is 6.53. The molecule has 1 atom stereocenters.